The fraction of sp³-hybridized carbons (Fsp3) is 0.667. The van der Waals surface area contributed by atoms with Gasteiger partial charge in [-0.3, -0.25) is 9.59 Å². The van der Waals surface area contributed by atoms with Crippen LogP contribution in [0, 0.1) is 5.92 Å². The number of carboxylic acid groups (broad SMARTS) is 1. The Morgan fingerprint density at radius 1 is 1.50 bits per heavy atom. The number of esters is 1. The van der Waals surface area contributed by atoms with Gasteiger partial charge in [0.05, 0.1) is 0 Å². The Balaban J connectivity index is 5.01. The van der Waals surface area contributed by atoms with Gasteiger partial charge in [-0.25, -0.2) is 0 Å². The smallest absolute Gasteiger partial charge is 0.324 e. The summed E-state index contributed by atoms with van der Waals surface area (Å²) in [5.41, 5.74) is 0.847. The average Bonchev–Trinajstić information content (AvgIpc) is 2.27. The zero-order valence-corrected chi connectivity index (χ0v) is 12.5. The summed E-state index contributed by atoms with van der Waals surface area (Å²) in [4.78, 5) is 22.2. The molecular weight excluding hydrogens is 302 g/mol. The molecule has 0 aliphatic carbocycles. The second kappa shape index (κ2) is 8.26. The first-order valence-electron chi connectivity index (χ1n) is 5.66. The van der Waals surface area contributed by atoms with Gasteiger partial charge in [0.25, 0.3) is 0 Å². The van der Waals surface area contributed by atoms with E-state index < -0.39 is 24.1 Å². The topological polar surface area (TPSA) is 75.6 Å². The van der Waals surface area contributed by atoms with Gasteiger partial charge in [0.1, 0.15) is 12.1 Å². The first-order valence-corrected chi connectivity index (χ1v) is 6.78. The predicted molar refractivity (Wildman–Crippen MR) is 72.8 cm³/mol. The number of hydrogen-bond acceptors (Lipinski definition) is 4. The number of carbonyl (C=O) groups is 2. The lowest BCUT2D eigenvalue weighted by Crippen LogP contribution is -2.49. The zero-order valence-electron chi connectivity index (χ0n) is 10.9. The molecule has 0 fully saturated rings. The van der Waals surface area contributed by atoms with E-state index in [-0.39, 0.29) is 5.92 Å². The Hall–Kier alpha value is -0.880. The van der Waals surface area contributed by atoms with Crippen molar-refractivity contribution in [3.63, 3.8) is 0 Å². The minimum atomic E-state index is -1.05. The molecule has 0 rings (SSSR count). The molecule has 6 heteroatoms. The third-order valence-electron chi connectivity index (χ3n) is 2.76. The maximum Gasteiger partial charge on any atom is 0.324 e. The van der Waals surface area contributed by atoms with E-state index in [9.17, 15) is 9.59 Å². The summed E-state index contributed by atoms with van der Waals surface area (Å²) in [6.45, 7) is 6.98. The quantitative estimate of drug-likeness (QED) is 0.403. The van der Waals surface area contributed by atoms with E-state index in [1.165, 1.54) is 14.0 Å². The molecule has 0 unspecified atom stereocenters. The molecule has 0 heterocycles. The molecular formula is C12H20BrNO4. The molecule has 104 valence electrons. The van der Waals surface area contributed by atoms with E-state index in [4.69, 9.17) is 9.84 Å². The minimum absolute atomic E-state index is 0.236. The Labute approximate surface area is 116 Å². The van der Waals surface area contributed by atoms with Gasteiger partial charge in [-0.1, -0.05) is 35.0 Å². The van der Waals surface area contributed by atoms with E-state index in [1.807, 2.05) is 6.92 Å². The summed E-state index contributed by atoms with van der Waals surface area (Å²) in [6.07, 6.45) is -0.0637. The van der Waals surface area contributed by atoms with Gasteiger partial charge in [-0.15, -0.1) is 0 Å². The minimum Gasteiger partial charge on any atom is -0.480 e. The van der Waals surface area contributed by atoms with Crippen molar-refractivity contribution in [1.29, 1.82) is 0 Å². The highest BCUT2D eigenvalue weighted by molar-refractivity contribution is 9.09. The molecule has 0 saturated heterocycles. The van der Waals surface area contributed by atoms with Gasteiger partial charge in [0.15, 0.2) is 0 Å². The molecule has 0 radical (unpaired) electrons. The summed E-state index contributed by atoms with van der Waals surface area (Å²) in [7, 11) is 1.52. The maximum absolute atomic E-state index is 11.1. The molecule has 0 aliphatic heterocycles. The summed E-state index contributed by atoms with van der Waals surface area (Å²) >= 11 is 3.30. The van der Waals surface area contributed by atoms with Crippen molar-refractivity contribution in [3.8, 4) is 0 Å². The molecule has 0 aromatic carbocycles. The van der Waals surface area contributed by atoms with E-state index >= 15 is 0 Å². The SMILES string of the molecule is C=C(CCBr)[C@@H](C)[C@@H](OC(C)=O)[C@H](NC)C(=O)O. The summed E-state index contributed by atoms with van der Waals surface area (Å²) in [5, 5.41) is 12.5. The zero-order chi connectivity index (χ0) is 14.3. The molecule has 0 aromatic heterocycles. The van der Waals surface area contributed by atoms with Crippen molar-refractivity contribution in [2.75, 3.05) is 12.4 Å². The van der Waals surface area contributed by atoms with Crippen molar-refractivity contribution in [2.24, 2.45) is 5.92 Å². The largest absolute Gasteiger partial charge is 0.480 e. The Morgan fingerprint density at radius 2 is 2.06 bits per heavy atom. The van der Waals surface area contributed by atoms with Gasteiger partial charge < -0.3 is 15.2 Å². The Morgan fingerprint density at radius 3 is 2.39 bits per heavy atom. The first-order chi connectivity index (χ1) is 8.34. The molecule has 0 bridgehead atoms. The first kappa shape index (κ1) is 17.1. The number of halogens is 1. The molecule has 3 atom stereocenters. The van der Waals surface area contributed by atoms with Crippen molar-refractivity contribution >= 4 is 27.9 Å². The lowest BCUT2D eigenvalue weighted by atomic mass is 9.90. The molecule has 0 saturated carbocycles. The number of hydrogen-bond donors (Lipinski definition) is 2. The van der Waals surface area contributed by atoms with Gasteiger partial charge >= 0.3 is 11.9 Å². The van der Waals surface area contributed by atoms with Crippen molar-refractivity contribution in [2.45, 2.75) is 32.4 Å². The van der Waals surface area contributed by atoms with Gasteiger partial charge in [-0.2, -0.15) is 0 Å². The van der Waals surface area contributed by atoms with Crippen LogP contribution < -0.4 is 5.32 Å². The van der Waals surface area contributed by atoms with Gasteiger partial charge in [-0.05, 0) is 13.5 Å². The van der Waals surface area contributed by atoms with Crippen LogP contribution in [0.4, 0.5) is 0 Å². The summed E-state index contributed by atoms with van der Waals surface area (Å²) in [5.74, 6) is -1.79. The van der Waals surface area contributed by atoms with E-state index in [0.717, 1.165) is 10.9 Å². The molecule has 0 spiro atoms. The average molecular weight is 322 g/mol. The normalized spacial score (nSPS) is 15.6. The Bertz CT molecular complexity index is 319. The van der Waals surface area contributed by atoms with Crippen LogP contribution in [0.25, 0.3) is 0 Å². The number of carbonyl (C=O) groups excluding carboxylic acids is 1. The maximum atomic E-state index is 11.1. The molecule has 0 amide bonds. The number of likely N-dealkylation sites (N-methyl/N-ethyl adjacent to an activating group) is 1. The van der Waals surface area contributed by atoms with Crippen LogP contribution in [0.1, 0.15) is 20.3 Å². The lowest BCUT2D eigenvalue weighted by molar-refractivity contribution is -0.155. The lowest BCUT2D eigenvalue weighted by Gasteiger charge is -2.29. The van der Waals surface area contributed by atoms with Crippen LogP contribution in [-0.4, -0.2) is 41.6 Å². The molecule has 0 aliphatic rings. The monoisotopic (exact) mass is 321 g/mol. The fourth-order valence-corrected chi connectivity index (χ4v) is 2.17. The highest BCUT2D eigenvalue weighted by atomic mass is 79.9. The molecule has 18 heavy (non-hydrogen) atoms. The van der Waals surface area contributed by atoms with Crippen LogP contribution in [0.2, 0.25) is 0 Å². The van der Waals surface area contributed by atoms with E-state index in [0.29, 0.717) is 6.42 Å². The number of ether oxygens (including phenoxy) is 1. The van der Waals surface area contributed by atoms with Crippen LogP contribution in [0.15, 0.2) is 12.2 Å². The number of alkyl halides is 1. The molecule has 0 aromatic rings. The second-order valence-electron chi connectivity index (χ2n) is 4.06. The van der Waals surface area contributed by atoms with Crippen LogP contribution in [-0.2, 0) is 14.3 Å². The number of nitrogens with one attached hydrogen (secondary N) is 1. The van der Waals surface area contributed by atoms with E-state index in [1.54, 1.807) is 0 Å². The van der Waals surface area contributed by atoms with Crippen LogP contribution in [0.5, 0.6) is 0 Å². The van der Waals surface area contributed by atoms with Crippen LogP contribution >= 0.6 is 15.9 Å². The number of aliphatic carboxylic acids is 1. The van der Waals surface area contributed by atoms with Gasteiger partial charge in [0.2, 0.25) is 0 Å². The Kier molecular flexibility index (Phi) is 7.86. The van der Waals surface area contributed by atoms with Crippen molar-refractivity contribution in [3.05, 3.63) is 12.2 Å². The summed E-state index contributed by atoms with van der Waals surface area (Å²) in [6, 6.07) is -0.948. The van der Waals surface area contributed by atoms with Crippen molar-refractivity contribution < 1.29 is 19.4 Å². The van der Waals surface area contributed by atoms with Crippen LogP contribution in [0.3, 0.4) is 0 Å². The standard InChI is InChI=1S/C12H20BrNO4/c1-7(5-6-13)8(2)11(18-9(3)15)10(14-4)12(16)17/h8,10-11,14H,1,5-6H2,2-4H3,(H,16,17)/t8-,10+,11-/m1/s1. The van der Waals surface area contributed by atoms with Gasteiger partial charge in [0, 0.05) is 18.2 Å². The number of rotatable bonds is 8. The number of carboxylic acids is 1. The molecule has 5 nitrogen and oxygen atoms in total. The highest BCUT2D eigenvalue weighted by Gasteiger charge is 2.34. The van der Waals surface area contributed by atoms with E-state index in [2.05, 4.69) is 27.8 Å². The third kappa shape index (κ3) is 5.18. The fourth-order valence-electron chi connectivity index (χ4n) is 1.66. The van der Waals surface area contributed by atoms with Crippen molar-refractivity contribution in [1.82, 2.24) is 5.32 Å². The second-order valence-corrected chi connectivity index (χ2v) is 4.86. The molecule has 2 N–H and O–H groups in total. The highest BCUT2D eigenvalue weighted by Crippen LogP contribution is 2.22. The third-order valence-corrected chi connectivity index (χ3v) is 3.16. The summed E-state index contributed by atoms with van der Waals surface area (Å²) < 4.78 is 5.14. The predicted octanol–water partition coefficient (Wildman–Crippen LogP) is 1.57.